The number of benzene rings is 2. The Morgan fingerprint density at radius 2 is 1.92 bits per heavy atom. The Kier molecular flexibility index (Phi) is 6.88. The number of carbonyl (C=O) groups is 1. The zero-order valence-electron chi connectivity index (χ0n) is 20.1. The van der Waals surface area contributed by atoms with Gasteiger partial charge in [0.25, 0.3) is 5.56 Å². The molecule has 0 bridgehead atoms. The zero-order valence-corrected chi connectivity index (χ0v) is 21.7. The second-order valence-corrected chi connectivity index (χ2v) is 9.93. The Morgan fingerprint density at radius 3 is 2.67 bits per heavy atom. The Bertz CT molecular complexity index is 1420. The summed E-state index contributed by atoms with van der Waals surface area (Å²) in [5, 5.41) is 7.02. The van der Waals surface area contributed by atoms with Crippen LogP contribution >= 0.6 is 15.9 Å². The third kappa shape index (κ3) is 4.91. The van der Waals surface area contributed by atoms with Crippen LogP contribution in [0.4, 0.5) is 5.69 Å². The van der Waals surface area contributed by atoms with Gasteiger partial charge in [0.05, 0.1) is 23.8 Å². The summed E-state index contributed by atoms with van der Waals surface area (Å²) in [4.78, 5) is 33.0. The third-order valence-electron chi connectivity index (χ3n) is 6.61. The molecule has 1 aliphatic heterocycles. The van der Waals surface area contributed by atoms with E-state index in [2.05, 4.69) is 36.3 Å². The summed E-state index contributed by atoms with van der Waals surface area (Å²) in [7, 11) is 1.81. The highest BCUT2D eigenvalue weighted by Crippen LogP contribution is 2.23. The van der Waals surface area contributed by atoms with Crippen molar-refractivity contribution in [2.24, 2.45) is 13.0 Å². The Balaban J connectivity index is 1.26. The number of piperidine rings is 1. The number of hydrogen-bond donors (Lipinski definition) is 1. The van der Waals surface area contributed by atoms with Crippen LogP contribution < -0.4 is 10.9 Å². The number of halogens is 1. The molecule has 3 heterocycles. The second kappa shape index (κ2) is 10.2. The molecule has 0 radical (unpaired) electrons. The predicted octanol–water partition coefficient (Wildman–Crippen LogP) is 4.15. The lowest BCUT2D eigenvalue weighted by Gasteiger charge is -2.30. The molecule has 9 nitrogen and oxygen atoms in total. The average Bonchev–Trinajstić information content (AvgIpc) is 3.43. The van der Waals surface area contributed by atoms with Crippen molar-refractivity contribution in [1.82, 2.24) is 24.4 Å². The maximum absolute atomic E-state index is 13.2. The first-order chi connectivity index (χ1) is 17.4. The van der Waals surface area contributed by atoms with Crippen LogP contribution in [0.15, 0.2) is 68.4 Å². The lowest BCUT2D eigenvalue weighted by Crippen LogP contribution is -2.40. The van der Waals surface area contributed by atoms with E-state index in [4.69, 9.17) is 4.52 Å². The van der Waals surface area contributed by atoms with Gasteiger partial charge in [-0.1, -0.05) is 39.3 Å². The van der Waals surface area contributed by atoms with Crippen molar-refractivity contribution in [2.75, 3.05) is 18.4 Å². The summed E-state index contributed by atoms with van der Waals surface area (Å²) in [5.74, 6) is 0.667. The number of hydrogen-bond acceptors (Lipinski definition) is 6. The van der Waals surface area contributed by atoms with Crippen LogP contribution in [-0.4, -0.2) is 43.4 Å². The Labute approximate surface area is 216 Å². The van der Waals surface area contributed by atoms with E-state index in [0.29, 0.717) is 36.2 Å². The van der Waals surface area contributed by atoms with Gasteiger partial charge in [-0.25, -0.2) is 4.68 Å². The highest BCUT2D eigenvalue weighted by Gasteiger charge is 2.29. The molecule has 5 rings (SSSR count). The summed E-state index contributed by atoms with van der Waals surface area (Å²) in [6.45, 7) is 3.70. The maximum atomic E-state index is 13.2. The van der Waals surface area contributed by atoms with Gasteiger partial charge >= 0.3 is 0 Å². The number of nitrogens with one attached hydrogen (secondary N) is 1. The molecule has 1 atom stereocenters. The SMILES string of the molecule is Cc1c(NC(=O)C2CCCN(Cc3nc(-c4ccc(Br)cc4)no3)C2)c(=O)n(-c2ccccc2)n1C. The maximum Gasteiger partial charge on any atom is 0.295 e. The van der Waals surface area contributed by atoms with Crippen molar-refractivity contribution in [3.8, 4) is 17.1 Å². The largest absolute Gasteiger partial charge is 0.338 e. The minimum absolute atomic E-state index is 0.146. The van der Waals surface area contributed by atoms with Gasteiger partial charge in [-0.15, -0.1) is 0 Å². The molecule has 1 N–H and O–H groups in total. The van der Waals surface area contributed by atoms with Crippen LogP contribution in [0.25, 0.3) is 17.1 Å². The average molecular weight is 551 g/mol. The number of anilines is 1. The summed E-state index contributed by atoms with van der Waals surface area (Å²) in [5.41, 5.74) is 2.41. The standard InChI is InChI=1S/C26H27BrN6O3/c1-17-23(26(35)33(31(17)2)21-8-4-3-5-9-21)29-25(34)19-7-6-14-32(15-19)16-22-28-24(30-36-22)18-10-12-20(27)13-11-18/h3-5,8-13,19H,6-7,14-16H2,1-2H3,(H,29,34). The molecule has 10 heteroatoms. The Morgan fingerprint density at radius 1 is 1.17 bits per heavy atom. The predicted molar refractivity (Wildman–Crippen MR) is 140 cm³/mol. The Hall–Kier alpha value is -3.50. The lowest BCUT2D eigenvalue weighted by atomic mass is 9.97. The first-order valence-corrected chi connectivity index (χ1v) is 12.7. The van der Waals surface area contributed by atoms with Gasteiger partial charge in [-0.3, -0.25) is 19.2 Å². The van der Waals surface area contributed by atoms with Gasteiger partial charge in [-0.05, 0) is 62.7 Å². The fourth-order valence-electron chi connectivity index (χ4n) is 4.58. The van der Waals surface area contributed by atoms with Gasteiger partial charge < -0.3 is 9.84 Å². The highest BCUT2D eigenvalue weighted by atomic mass is 79.9. The molecular weight excluding hydrogens is 524 g/mol. The second-order valence-electron chi connectivity index (χ2n) is 9.02. The minimum Gasteiger partial charge on any atom is -0.338 e. The quantitative estimate of drug-likeness (QED) is 0.387. The van der Waals surface area contributed by atoms with Crippen molar-refractivity contribution in [1.29, 1.82) is 0 Å². The van der Waals surface area contributed by atoms with Gasteiger partial charge in [-0.2, -0.15) is 4.98 Å². The topological polar surface area (TPSA) is 98.2 Å². The fourth-order valence-corrected chi connectivity index (χ4v) is 4.84. The third-order valence-corrected chi connectivity index (χ3v) is 7.14. The molecule has 4 aromatic rings. The van der Waals surface area contributed by atoms with Crippen LogP contribution in [-0.2, 0) is 18.4 Å². The number of likely N-dealkylation sites (tertiary alicyclic amines) is 1. The van der Waals surface area contributed by atoms with Crippen molar-refractivity contribution >= 4 is 27.5 Å². The molecule has 186 valence electrons. The van der Waals surface area contributed by atoms with Gasteiger partial charge in [0, 0.05) is 23.6 Å². The summed E-state index contributed by atoms with van der Waals surface area (Å²) >= 11 is 3.43. The van der Waals surface area contributed by atoms with Gasteiger partial charge in [0.2, 0.25) is 17.6 Å². The molecule has 1 unspecified atom stereocenters. The van der Waals surface area contributed by atoms with Gasteiger partial charge in [0.15, 0.2) is 0 Å². The zero-order chi connectivity index (χ0) is 25.2. The molecule has 1 aliphatic rings. The van der Waals surface area contributed by atoms with E-state index in [0.717, 1.165) is 35.1 Å². The smallest absolute Gasteiger partial charge is 0.295 e. The fraction of sp³-hybridized carbons (Fsp3) is 0.308. The molecule has 0 saturated carbocycles. The summed E-state index contributed by atoms with van der Waals surface area (Å²) < 4.78 is 9.78. The number of rotatable bonds is 6. The number of amides is 1. The molecule has 1 fully saturated rings. The van der Waals surface area contributed by atoms with E-state index in [1.54, 1.807) is 9.36 Å². The van der Waals surface area contributed by atoms with E-state index >= 15 is 0 Å². The minimum atomic E-state index is -0.242. The van der Waals surface area contributed by atoms with E-state index in [1.165, 1.54) is 0 Å². The van der Waals surface area contributed by atoms with Crippen LogP contribution in [0.3, 0.4) is 0 Å². The number of carbonyl (C=O) groups excluding carboxylic acids is 1. The molecule has 1 saturated heterocycles. The highest BCUT2D eigenvalue weighted by molar-refractivity contribution is 9.10. The van der Waals surface area contributed by atoms with Crippen LogP contribution in [0, 0.1) is 12.8 Å². The van der Waals surface area contributed by atoms with E-state index in [-0.39, 0.29) is 17.4 Å². The normalized spacial score (nSPS) is 16.2. The number of para-hydroxylation sites is 1. The van der Waals surface area contributed by atoms with Crippen LogP contribution in [0.5, 0.6) is 0 Å². The lowest BCUT2D eigenvalue weighted by molar-refractivity contribution is -0.121. The van der Waals surface area contributed by atoms with Crippen molar-refractivity contribution in [3.63, 3.8) is 0 Å². The van der Waals surface area contributed by atoms with E-state index < -0.39 is 0 Å². The molecule has 2 aromatic carbocycles. The number of nitrogens with zero attached hydrogens (tertiary/aromatic N) is 5. The molecule has 2 aromatic heterocycles. The molecule has 0 spiro atoms. The van der Waals surface area contributed by atoms with Gasteiger partial charge in [0.1, 0.15) is 5.69 Å². The van der Waals surface area contributed by atoms with Crippen molar-refractivity contribution in [2.45, 2.75) is 26.3 Å². The summed E-state index contributed by atoms with van der Waals surface area (Å²) in [6.07, 6.45) is 1.63. The van der Waals surface area contributed by atoms with Crippen LogP contribution in [0.1, 0.15) is 24.4 Å². The first-order valence-electron chi connectivity index (χ1n) is 11.9. The molecule has 0 aliphatic carbocycles. The monoisotopic (exact) mass is 550 g/mol. The molecule has 36 heavy (non-hydrogen) atoms. The molecule has 1 amide bonds. The summed E-state index contributed by atoms with van der Waals surface area (Å²) in [6, 6.07) is 17.1. The van der Waals surface area contributed by atoms with E-state index in [1.807, 2.05) is 68.6 Å². The van der Waals surface area contributed by atoms with Crippen molar-refractivity contribution in [3.05, 3.63) is 81.0 Å². The molecular formula is C26H27BrN6O3. The van der Waals surface area contributed by atoms with Crippen LogP contribution in [0.2, 0.25) is 0 Å². The first kappa shape index (κ1) is 24.2. The van der Waals surface area contributed by atoms with E-state index in [9.17, 15) is 9.59 Å². The number of aromatic nitrogens is 4. The van der Waals surface area contributed by atoms with Crippen molar-refractivity contribution < 1.29 is 9.32 Å².